The minimum atomic E-state index is -0.512. The number of aliphatic hydroxyl groups excluding tert-OH is 1. The first-order valence-corrected chi connectivity index (χ1v) is 10.4. The van der Waals surface area contributed by atoms with E-state index < -0.39 is 6.10 Å². The Kier molecular flexibility index (Phi) is 5.94. The Labute approximate surface area is 165 Å². The van der Waals surface area contributed by atoms with E-state index in [2.05, 4.69) is 27.8 Å². The molecule has 4 rings (SSSR count). The number of para-hydroxylation sites is 2. The number of benzene rings is 1. The smallest absolute Gasteiger partial charge is 0.220 e. The van der Waals surface area contributed by atoms with Crippen molar-refractivity contribution < 1.29 is 14.6 Å². The van der Waals surface area contributed by atoms with Crippen molar-refractivity contribution in [2.75, 3.05) is 26.3 Å². The molecule has 0 radical (unpaired) electrons. The molecule has 1 aromatic carbocycles. The van der Waals surface area contributed by atoms with Gasteiger partial charge in [-0.05, 0) is 31.9 Å². The van der Waals surface area contributed by atoms with Crippen molar-refractivity contribution in [3.05, 3.63) is 30.1 Å². The third-order valence-electron chi connectivity index (χ3n) is 6.07. The van der Waals surface area contributed by atoms with Gasteiger partial charge in [0.25, 0.3) is 0 Å². The lowest BCUT2D eigenvalue weighted by Crippen LogP contribution is -2.51. The van der Waals surface area contributed by atoms with Crippen molar-refractivity contribution in [2.45, 2.75) is 57.3 Å². The number of morpholine rings is 1. The molecule has 2 fully saturated rings. The molecular weight excluding hydrogens is 356 g/mol. The molecule has 2 aliphatic rings. The molecule has 1 saturated carbocycles. The number of aryl methyl sites for hydroxylation is 2. The van der Waals surface area contributed by atoms with Gasteiger partial charge in [-0.3, -0.25) is 9.69 Å². The summed E-state index contributed by atoms with van der Waals surface area (Å²) >= 11 is 0. The normalized spacial score (nSPS) is 26.0. The molecule has 2 N–H and O–H groups in total. The molecule has 1 aliphatic carbocycles. The highest BCUT2D eigenvalue weighted by atomic mass is 16.5. The van der Waals surface area contributed by atoms with Crippen molar-refractivity contribution in [1.29, 1.82) is 0 Å². The number of carbonyl (C=O) groups is 1. The molecule has 1 saturated heterocycles. The first kappa shape index (κ1) is 19.4. The molecule has 3 atom stereocenters. The number of ether oxygens (including phenoxy) is 1. The van der Waals surface area contributed by atoms with Gasteiger partial charge in [-0.2, -0.15) is 0 Å². The second kappa shape index (κ2) is 8.59. The Morgan fingerprint density at radius 1 is 1.29 bits per heavy atom. The van der Waals surface area contributed by atoms with Crippen LogP contribution in [-0.4, -0.2) is 70.0 Å². The minimum absolute atomic E-state index is 0.0126. The van der Waals surface area contributed by atoms with Crippen molar-refractivity contribution in [3.63, 3.8) is 0 Å². The maximum Gasteiger partial charge on any atom is 0.220 e. The van der Waals surface area contributed by atoms with Gasteiger partial charge in [0.1, 0.15) is 5.82 Å². The van der Waals surface area contributed by atoms with Gasteiger partial charge in [-0.1, -0.05) is 12.1 Å². The predicted octanol–water partition coefficient (Wildman–Crippen LogP) is 1.33. The summed E-state index contributed by atoms with van der Waals surface area (Å²) < 4.78 is 7.57. The fourth-order valence-electron chi connectivity index (χ4n) is 4.60. The van der Waals surface area contributed by atoms with Gasteiger partial charge in [0, 0.05) is 38.5 Å². The molecule has 0 spiro atoms. The molecule has 1 aromatic heterocycles. The summed E-state index contributed by atoms with van der Waals surface area (Å²) in [5, 5.41) is 13.8. The topological polar surface area (TPSA) is 79.6 Å². The lowest BCUT2D eigenvalue weighted by atomic mass is 10.1. The maximum atomic E-state index is 12.5. The number of amides is 1. The SMILES string of the molecule is CCn1c(CCC(=O)N[C@@H]2CC[C@@H](N3CCOCC3)[C@@H]2O)nc2ccccc21. The number of nitrogens with zero attached hydrogens (tertiary/aromatic N) is 3. The van der Waals surface area contributed by atoms with Crippen LogP contribution in [-0.2, 0) is 22.5 Å². The Balaban J connectivity index is 1.32. The van der Waals surface area contributed by atoms with Crippen LogP contribution in [0.25, 0.3) is 11.0 Å². The highest BCUT2D eigenvalue weighted by Crippen LogP contribution is 2.26. The van der Waals surface area contributed by atoms with Crippen LogP contribution < -0.4 is 5.32 Å². The van der Waals surface area contributed by atoms with Crippen LogP contribution >= 0.6 is 0 Å². The maximum absolute atomic E-state index is 12.5. The minimum Gasteiger partial charge on any atom is -0.389 e. The summed E-state index contributed by atoms with van der Waals surface area (Å²) in [5.41, 5.74) is 2.08. The number of carbonyl (C=O) groups excluding carboxylic acids is 1. The Morgan fingerprint density at radius 2 is 2.07 bits per heavy atom. The van der Waals surface area contributed by atoms with Gasteiger partial charge in [-0.25, -0.2) is 4.98 Å². The molecule has 0 bridgehead atoms. The van der Waals surface area contributed by atoms with Crippen LogP contribution in [0.4, 0.5) is 0 Å². The number of hydrogen-bond acceptors (Lipinski definition) is 5. The largest absolute Gasteiger partial charge is 0.389 e. The molecule has 0 unspecified atom stereocenters. The van der Waals surface area contributed by atoms with Crippen LogP contribution in [0.15, 0.2) is 24.3 Å². The van der Waals surface area contributed by atoms with Crippen LogP contribution in [0.2, 0.25) is 0 Å². The molecule has 28 heavy (non-hydrogen) atoms. The number of fused-ring (bicyclic) bond motifs is 1. The van der Waals surface area contributed by atoms with Crippen LogP contribution in [0, 0.1) is 0 Å². The zero-order valence-electron chi connectivity index (χ0n) is 16.5. The Morgan fingerprint density at radius 3 is 2.86 bits per heavy atom. The van der Waals surface area contributed by atoms with Crippen LogP contribution in [0.3, 0.4) is 0 Å². The molecule has 1 aliphatic heterocycles. The van der Waals surface area contributed by atoms with E-state index in [1.165, 1.54) is 0 Å². The van der Waals surface area contributed by atoms with Gasteiger partial charge >= 0.3 is 0 Å². The van der Waals surface area contributed by atoms with Gasteiger partial charge in [0.15, 0.2) is 0 Å². The molecule has 7 heteroatoms. The van der Waals surface area contributed by atoms with Crippen LogP contribution in [0.5, 0.6) is 0 Å². The summed E-state index contributed by atoms with van der Waals surface area (Å²) in [6.45, 7) is 6.08. The van der Waals surface area contributed by atoms with E-state index in [0.717, 1.165) is 62.5 Å². The fraction of sp³-hybridized carbons (Fsp3) is 0.619. The molecule has 7 nitrogen and oxygen atoms in total. The molecule has 2 aromatic rings. The van der Waals surface area contributed by atoms with E-state index in [4.69, 9.17) is 9.72 Å². The van der Waals surface area contributed by atoms with E-state index in [0.29, 0.717) is 12.8 Å². The van der Waals surface area contributed by atoms with E-state index in [1.54, 1.807) is 0 Å². The first-order chi connectivity index (χ1) is 13.7. The van der Waals surface area contributed by atoms with Gasteiger partial charge < -0.3 is 19.7 Å². The third kappa shape index (κ3) is 3.92. The summed E-state index contributed by atoms with van der Waals surface area (Å²) in [6.07, 6.45) is 2.21. The highest BCUT2D eigenvalue weighted by molar-refractivity contribution is 5.78. The second-order valence-corrected chi connectivity index (χ2v) is 7.72. The number of imidazole rings is 1. The fourth-order valence-corrected chi connectivity index (χ4v) is 4.60. The lowest BCUT2D eigenvalue weighted by Gasteiger charge is -2.34. The van der Waals surface area contributed by atoms with Crippen LogP contribution in [0.1, 0.15) is 32.0 Å². The van der Waals surface area contributed by atoms with E-state index >= 15 is 0 Å². The van der Waals surface area contributed by atoms with Gasteiger partial charge in [0.2, 0.25) is 5.91 Å². The monoisotopic (exact) mass is 386 g/mol. The number of hydrogen-bond donors (Lipinski definition) is 2. The van der Waals surface area contributed by atoms with Gasteiger partial charge in [0.05, 0.1) is 36.4 Å². The number of aliphatic hydroxyl groups is 1. The third-order valence-corrected chi connectivity index (χ3v) is 6.07. The summed E-state index contributed by atoms with van der Waals surface area (Å²) in [6, 6.07) is 8.03. The average molecular weight is 386 g/mol. The van der Waals surface area contributed by atoms with Gasteiger partial charge in [-0.15, -0.1) is 0 Å². The molecule has 1 amide bonds. The number of nitrogens with one attached hydrogen (secondary N) is 1. The van der Waals surface area contributed by atoms with Crippen molar-refractivity contribution >= 4 is 16.9 Å². The summed E-state index contributed by atoms with van der Waals surface area (Å²) in [7, 11) is 0. The zero-order valence-corrected chi connectivity index (χ0v) is 16.5. The highest BCUT2D eigenvalue weighted by Gasteiger charge is 2.39. The number of rotatable bonds is 6. The van der Waals surface area contributed by atoms with E-state index in [9.17, 15) is 9.90 Å². The Hall–Kier alpha value is -1.96. The molecule has 152 valence electrons. The standard InChI is InChI=1S/C21H30N4O3/c1-2-25-17-6-4-3-5-15(17)22-19(25)9-10-20(26)23-16-7-8-18(21(16)27)24-11-13-28-14-12-24/h3-6,16,18,21,27H,2,7-14H2,1H3,(H,23,26)/t16-,18-,21-/m1/s1. The predicted molar refractivity (Wildman–Crippen MR) is 107 cm³/mol. The summed E-state index contributed by atoms with van der Waals surface area (Å²) in [5.74, 6) is 0.929. The second-order valence-electron chi connectivity index (χ2n) is 7.72. The van der Waals surface area contributed by atoms with E-state index in [1.807, 2.05) is 18.2 Å². The zero-order chi connectivity index (χ0) is 19.5. The molecular formula is C21H30N4O3. The van der Waals surface area contributed by atoms with Crippen molar-refractivity contribution in [2.24, 2.45) is 0 Å². The lowest BCUT2D eigenvalue weighted by molar-refractivity contribution is -0.122. The van der Waals surface area contributed by atoms with Crippen molar-refractivity contribution in [3.8, 4) is 0 Å². The first-order valence-electron chi connectivity index (χ1n) is 10.4. The number of aromatic nitrogens is 2. The molecule has 2 heterocycles. The van der Waals surface area contributed by atoms with Crippen molar-refractivity contribution in [1.82, 2.24) is 19.8 Å². The van der Waals surface area contributed by atoms with E-state index in [-0.39, 0.29) is 18.0 Å². The quantitative estimate of drug-likeness (QED) is 0.783. The Bertz CT molecular complexity index is 815. The average Bonchev–Trinajstić information content (AvgIpc) is 3.27. The summed E-state index contributed by atoms with van der Waals surface area (Å²) in [4.78, 5) is 19.5.